The fourth-order valence-corrected chi connectivity index (χ4v) is 15.0. The molecule has 3 N–H and O–H groups in total. The van der Waals surface area contributed by atoms with E-state index in [0.29, 0.717) is 25.9 Å². The Balaban J connectivity index is 3.29. The number of hydrogen-bond donors (Lipinski definition) is 3. The quantitative estimate of drug-likeness (QED) is 0.0320. The molecule has 6 nitrogen and oxygen atoms in total. The number of rotatable bonds is 88. The van der Waals surface area contributed by atoms with Crippen LogP contribution in [0.4, 0.5) is 0 Å². The molecule has 1 amide bonds. The molecule has 0 rings (SSSR count). The number of carbonyl (C=O) groups is 2. The van der Waals surface area contributed by atoms with Crippen LogP contribution in [0.25, 0.3) is 0 Å². The van der Waals surface area contributed by atoms with Gasteiger partial charge in [-0.3, -0.25) is 9.59 Å². The zero-order valence-corrected chi connectivity index (χ0v) is 67.8. The zero-order valence-electron chi connectivity index (χ0n) is 67.8. The van der Waals surface area contributed by atoms with Gasteiger partial charge < -0.3 is 20.3 Å². The summed E-state index contributed by atoms with van der Waals surface area (Å²) in [4.78, 5) is 24.7. The van der Waals surface area contributed by atoms with E-state index in [4.69, 9.17) is 4.74 Å². The molecule has 0 fully saturated rings. The Bertz CT molecular complexity index is 1560. The van der Waals surface area contributed by atoms with Crippen molar-refractivity contribution in [3.63, 3.8) is 0 Å². The lowest BCUT2D eigenvalue weighted by molar-refractivity contribution is -0.143. The van der Waals surface area contributed by atoms with Crippen LogP contribution in [-0.2, 0) is 14.3 Å². The first-order valence-electron chi connectivity index (χ1n) is 46.1. The number of aliphatic hydroxyl groups is 2. The molecule has 0 aliphatic rings. The average Bonchev–Trinajstić information content (AvgIpc) is 2.01. The lowest BCUT2D eigenvalue weighted by Crippen LogP contribution is -2.45. The van der Waals surface area contributed by atoms with Gasteiger partial charge in [0.2, 0.25) is 5.91 Å². The summed E-state index contributed by atoms with van der Waals surface area (Å²) in [5.74, 6) is -0.000511. The molecule has 0 aliphatic heterocycles. The normalized spacial score (nSPS) is 12.5. The summed E-state index contributed by atoms with van der Waals surface area (Å²) in [6.07, 6.45) is 116. The van der Waals surface area contributed by atoms with Crippen molar-refractivity contribution in [2.24, 2.45) is 0 Å². The first-order chi connectivity index (χ1) is 49.0. The average molecular weight is 1390 g/mol. The van der Waals surface area contributed by atoms with Crippen LogP contribution >= 0.6 is 0 Å². The predicted octanol–water partition coefficient (Wildman–Crippen LogP) is 31.1. The second kappa shape index (κ2) is 88.7. The van der Waals surface area contributed by atoms with Crippen molar-refractivity contribution in [2.45, 2.75) is 546 Å². The van der Waals surface area contributed by atoms with Crippen LogP contribution in [-0.4, -0.2) is 47.4 Å². The van der Waals surface area contributed by atoms with Gasteiger partial charge in [-0.25, -0.2) is 0 Å². The fourth-order valence-electron chi connectivity index (χ4n) is 15.0. The summed E-state index contributed by atoms with van der Waals surface area (Å²) in [5, 5.41) is 23.5. The van der Waals surface area contributed by atoms with E-state index in [9.17, 15) is 19.8 Å². The maximum Gasteiger partial charge on any atom is 0.305 e. The third-order valence-corrected chi connectivity index (χ3v) is 22.0. The number of aliphatic hydroxyl groups excluding tert-OH is 2. The van der Waals surface area contributed by atoms with Crippen LogP contribution in [0.2, 0.25) is 0 Å². The van der Waals surface area contributed by atoms with E-state index in [1.807, 2.05) is 0 Å². The number of allylic oxidation sites excluding steroid dienone is 4. The van der Waals surface area contributed by atoms with Crippen molar-refractivity contribution in [3.05, 3.63) is 24.3 Å². The van der Waals surface area contributed by atoms with Gasteiger partial charge in [0.1, 0.15) is 0 Å². The fraction of sp³-hybridized carbons (Fsp3) is 0.935. The number of carbonyl (C=O) groups excluding carboxylic acids is 2. The van der Waals surface area contributed by atoms with Gasteiger partial charge in [0.25, 0.3) is 0 Å². The molecule has 2 atom stereocenters. The topological polar surface area (TPSA) is 95.9 Å². The van der Waals surface area contributed by atoms with E-state index in [1.165, 1.54) is 456 Å². The highest BCUT2D eigenvalue weighted by atomic mass is 16.5. The smallest absolute Gasteiger partial charge is 0.305 e. The third kappa shape index (κ3) is 85.2. The molecule has 0 aliphatic carbocycles. The van der Waals surface area contributed by atoms with Crippen molar-refractivity contribution in [2.75, 3.05) is 13.2 Å². The molecular weight excluding hydrogens is 1210 g/mol. The molecule has 0 saturated carbocycles. The maximum atomic E-state index is 12.6. The Kier molecular flexibility index (Phi) is 87.2. The summed E-state index contributed by atoms with van der Waals surface area (Å²) in [6.45, 7) is 5.00. The largest absolute Gasteiger partial charge is 0.466 e. The van der Waals surface area contributed by atoms with Gasteiger partial charge in [-0.2, -0.15) is 0 Å². The highest BCUT2D eigenvalue weighted by Gasteiger charge is 2.20. The molecule has 0 aromatic carbocycles. The number of esters is 1. The third-order valence-electron chi connectivity index (χ3n) is 22.0. The minimum Gasteiger partial charge on any atom is -0.466 e. The Morgan fingerprint density at radius 3 is 0.788 bits per heavy atom. The van der Waals surface area contributed by atoms with Gasteiger partial charge in [0.15, 0.2) is 0 Å². The van der Waals surface area contributed by atoms with Crippen molar-refractivity contribution >= 4 is 11.9 Å². The summed E-state index contributed by atoms with van der Waals surface area (Å²) in [6, 6.07) is -0.538. The minimum absolute atomic E-state index is 0.0216. The van der Waals surface area contributed by atoms with Gasteiger partial charge in [-0.1, -0.05) is 488 Å². The summed E-state index contributed by atoms with van der Waals surface area (Å²) in [7, 11) is 0. The van der Waals surface area contributed by atoms with Crippen LogP contribution < -0.4 is 5.32 Å². The first kappa shape index (κ1) is 97.3. The highest BCUT2D eigenvalue weighted by Crippen LogP contribution is 2.22. The molecule has 0 aromatic rings. The molecule has 0 spiro atoms. The standard InChI is InChI=1S/C93H181NO5/c1-3-5-7-9-11-13-15-17-19-21-23-24-25-43-46-50-53-57-61-65-69-73-77-81-85-91(96)90(89-95)94-92(97)86-82-78-74-70-66-62-58-54-51-47-44-41-39-37-35-33-31-29-27-26-28-30-32-34-36-38-40-42-45-48-52-56-60-64-68-72-76-80-84-88-99-93(98)87-83-79-75-71-67-63-59-55-49-22-20-18-16-14-12-10-8-6-4-2/h12,14,18,20,90-91,95-96H,3-11,13,15-17,19,21-89H2,1-2H3,(H,94,97)/b14-12-,20-18-. The van der Waals surface area contributed by atoms with E-state index < -0.39 is 12.1 Å². The van der Waals surface area contributed by atoms with Gasteiger partial charge in [-0.05, 0) is 57.8 Å². The summed E-state index contributed by atoms with van der Waals surface area (Å²) < 4.78 is 5.52. The molecule has 0 aromatic heterocycles. The van der Waals surface area contributed by atoms with Crippen molar-refractivity contribution < 1.29 is 24.5 Å². The SMILES string of the molecule is CCCCC/C=C\C/C=C\CCCCCCCCCCCC(=O)OCCCCCCCCCCCCCCCCCCCCCCCCCCCCCCCCCCCCCCCCCC(=O)NC(CO)C(O)CCCCCCCCCCCCCCCCCCCCCCCCCC. The van der Waals surface area contributed by atoms with Crippen molar-refractivity contribution in [1.82, 2.24) is 5.32 Å². The monoisotopic (exact) mass is 1390 g/mol. The molecule has 2 unspecified atom stereocenters. The van der Waals surface area contributed by atoms with Gasteiger partial charge in [-0.15, -0.1) is 0 Å². The Hall–Kier alpha value is -1.66. The molecule has 0 saturated heterocycles. The summed E-state index contributed by atoms with van der Waals surface area (Å²) in [5.41, 5.74) is 0. The predicted molar refractivity (Wildman–Crippen MR) is 440 cm³/mol. The second-order valence-corrected chi connectivity index (χ2v) is 32.0. The van der Waals surface area contributed by atoms with Crippen LogP contribution in [0.15, 0.2) is 24.3 Å². The Labute approximate surface area is 622 Å². The number of amides is 1. The van der Waals surface area contributed by atoms with Crippen LogP contribution in [0.5, 0.6) is 0 Å². The van der Waals surface area contributed by atoms with Gasteiger partial charge in [0, 0.05) is 12.8 Å². The highest BCUT2D eigenvalue weighted by molar-refractivity contribution is 5.76. The molecule has 6 heteroatoms. The van der Waals surface area contributed by atoms with E-state index in [-0.39, 0.29) is 18.5 Å². The molecule has 99 heavy (non-hydrogen) atoms. The Morgan fingerprint density at radius 1 is 0.283 bits per heavy atom. The van der Waals surface area contributed by atoms with Crippen LogP contribution in [0.3, 0.4) is 0 Å². The van der Waals surface area contributed by atoms with E-state index in [2.05, 4.69) is 43.5 Å². The maximum absolute atomic E-state index is 12.6. The van der Waals surface area contributed by atoms with Gasteiger partial charge in [0.05, 0.1) is 25.4 Å². The van der Waals surface area contributed by atoms with E-state index in [0.717, 1.165) is 44.9 Å². The first-order valence-corrected chi connectivity index (χ1v) is 46.1. The van der Waals surface area contributed by atoms with Gasteiger partial charge >= 0.3 is 5.97 Å². The zero-order chi connectivity index (χ0) is 71.2. The van der Waals surface area contributed by atoms with E-state index in [1.54, 1.807) is 0 Å². The van der Waals surface area contributed by atoms with E-state index >= 15 is 0 Å². The molecule has 0 bridgehead atoms. The number of hydrogen-bond acceptors (Lipinski definition) is 5. The molecule has 588 valence electrons. The van der Waals surface area contributed by atoms with Crippen LogP contribution in [0.1, 0.15) is 534 Å². The number of ether oxygens (including phenoxy) is 1. The van der Waals surface area contributed by atoms with Crippen molar-refractivity contribution in [1.29, 1.82) is 0 Å². The molecule has 0 heterocycles. The lowest BCUT2D eigenvalue weighted by atomic mass is 10.0. The molecular formula is C93H181NO5. The second-order valence-electron chi connectivity index (χ2n) is 32.0. The number of nitrogens with one attached hydrogen (secondary N) is 1. The van der Waals surface area contributed by atoms with Crippen molar-refractivity contribution in [3.8, 4) is 0 Å². The number of unbranched alkanes of at least 4 members (excludes halogenated alkanes) is 73. The lowest BCUT2D eigenvalue weighted by Gasteiger charge is -2.22. The van der Waals surface area contributed by atoms with Crippen LogP contribution in [0, 0.1) is 0 Å². The molecule has 0 radical (unpaired) electrons. The Morgan fingerprint density at radius 2 is 0.505 bits per heavy atom. The minimum atomic E-state index is -0.661. The summed E-state index contributed by atoms with van der Waals surface area (Å²) >= 11 is 0.